The van der Waals surface area contributed by atoms with Crippen LogP contribution in [0.15, 0.2) is 39.5 Å². The second kappa shape index (κ2) is 9.20. The van der Waals surface area contributed by atoms with Crippen molar-refractivity contribution in [3.63, 3.8) is 0 Å². The Morgan fingerprint density at radius 2 is 1.81 bits per heavy atom. The van der Waals surface area contributed by atoms with Crippen LogP contribution in [0.1, 0.15) is 25.8 Å². The summed E-state index contributed by atoms with van der Waals surface area (Å²) >= 11 is 3.28. The van der Waals surface area contributed by atoms with Gasteiger partial charge in [0.05, 0.1) is 19.3 Å². The lowest BCUT2D eigenvalue weighted by atomic mass is 9.96. The van der Waals surface area contributed by atoms with Gasteiger partial charge in [0.15, 0.2) is 5.76 Å². The molecule has 3 aromatic rings. The fourth-order valence-electron chi connectivity index (χ4n) is 3.25. The lowest BCUT2D eigenvalue weighted by Gasteiger charge is -2.19. The Balaban J connectivity index is 2.30. The molecule has 0 radical (unpaired) electrons. The number of halogens is 1. The molecular formula is C23H25BrO7. The van der Waals surface area contributed by atoms with Gasteiger partial charge < -0.3 is 29.2 Å². The van der Waals surface area contributed by atoms with Crippen LogP contribution in [0.3, 0.4) is 0 Å². The third kappa shape index (κ3) is 4.97. The standard InChI is InChI=1S/C23H25BrO7/c1-23(2,28)9-8-15-16(25)12-17(26)18-19(27)22(30-11-10-24)20(31-21(15)18)13-4-6-14(29-3)7-5-13/h4-7,12,25-26,28H,8-11H2,1-3H3. The molecule has 0 bridgehead atoms. The number of alkyl halides is 1. The van der Waals surface area contributed by atoms with E-state index in [1.165, 1.54) is 0 Å². The second-order valence-electron chi connectivity index (χ2n) is 7.77. The summed E-state index contributed by atoms with van der Waals surface area (Å²) in [5.74, 6) is 0.156. The van der Waals surface area contributed by atoms with E-state index >= 15 is 0 Å². The molecule has 0 saturated heterocycles. The van der Waals surface area contributed by atoms with Crippen molar-refractivity contribution in [1.82, 2.24) is 0 Å². The van der Waals surface area contributed by atoms with Crippen LogP contribution in [-0.2, 0) is 6.42 Å². The zero-order chi connectivity index (χ0) is 22.8. The normalized spacial score (nSPS) is 11.6. The molecule has 1 heterocycles. The number of benzene rings is 2. The van der Waals surface area contributed by atoms with Crippen molar-refractivity contribution in [3.05, 3.63) is 46.1 Å². The molecule has 7 nitrogen and oxygen atoms in total. The first-order valence-corrected chi connectivity index (χ1v) is 10.9. The fraction of sp³-hybridized carbons (Fsp3) is 0.348. The third-order valence-corrected chi connectivity index (χ3v) is 5.17. The first kappa shape index (κ1) is 23.0. The lowest BCUT2D eigenvalue weighted by Crippen LogP contribution is -2.19. The van der Waals surface area contributed by atoms with Crippen molar-refractivity contribution >= 4 is 26.9 Å². The van der Waals surface area contributed by atoms with E-state index in [0.717, 1.165) is 6.07 Å². The van der Waals surface area contributed by atoms with Gasteiger partial charge in [0.1, 0.15) is 28.2 Å². The number of hydrogen-bond acceptors (Lipinski definition) is 7. The molecule has 2 aromatic carbocycles. The van der Waals surface area contributed by atoms with Gasteiger partial charge in [0.2, 0.25) is 11.2 Å². The average Bonchev–Trinajstić information content (AvgIpc) is 2.71. The first-order chi connectivity index (χ1) is 14.7. The SMILES string of the molecule is COc1ccc(-c2oc3c(CCC(C)(C)O)c(O)cc(O)c3c(=O)c2OCCBr)cc1. The van der Waals surface area contributed by atoms with Crippen LogP contribution in [-0.4, -0.2) is 40.0 Å². The minimum absolute atomic E-state index is 0.0356. The Kier molecular flexibility index (Phi) is 6.81. The van der Waals surface area contributed by atoms with E-state index in [-0.39, 0.29) is 41.3 Å². The lowest BCUT2D eigenvalue weighted by molar-refractivity contribution is 0.0713. The summed E-state index contributed by atoms with van der Waals surface area (Å²) in [4.78, 5) is 13.3. The van der Waals surface area contributed by atoms with Crippen LogP contribution in [0.2, 0.25) is 0 Å². The maximum atomic E-state index is 13.3. The quantitative estimate of drug-likeness (QED) is 0.400. The minimum atomic E-state index is -0.991. The Hall–Kier alpha value is -2.71. The molecule has 3 N–H and O–H groups in total. The number of phenolic OH excluding ortho intramolecular Hbond substituents is 2. The van der Waals surface area contributed by atoms with Gasteiger partial charge >= 0.3 is 0 Å². The first-order valence-electron chi connectivity index (χ1n) is 9.76. The minimum Gasteiger partial charge on any atom is -0.507 e. The monoisotopic (exact) mass is 492 g/mol. The summed E-state index contributed by atoms with van der Waals surface area (Å²) in [6, 6.07) is 8.01. The van der Waals surface area contributed by atoms with Crippen molar-refractivity contribution in [3.8, 4) is 34.3 Å². The number of aryl methyl sites for hydroxylation is 1. The fourth-order valence-corrected chi connectivity index (χ4v) is 3.41. The Morgan fingerprint density at radius 3 is 2.39 bits per heavy atom. The van der Waals surface area contributed by atoms with Crippen molar-refractivity contribution in [1.29, 1.82) is 0 Å². The summed E-state index contributed by atoms with van der Waals surface area (Å²) in [5.41, 5.74) is -0.581. The molecule has 166 valence electrons. The van der Waals surface area contributed by atoms with E-state index in [9.17, 15) is 20.1 Å². The number of phenols is 2. The van der Waals surface area contributed by atoms with Gasteiger partial charge in [-0.25, -0.2) is 0 Å². The summed E-state index contributed by atoms with van der Waals surface area (Å²) in [5, 5.41) is 31.4. The molecule has 0 aliphatic rings. The predicted octanol–water partition coefficient (Wildman–Crippen LogP) is 4.36. The highest BCUT2D eigenvalue weighted by Crippen LogP contribution is 2.39. The zero-order valence-corrected chi connectivity index (χ0v) is 19.2. The van der Waals surface area contributed by atoms with Crippen LogP contribution in [0.4, 0.5) is 0 Å². The number of aliphatic hydroxyl groups is 1. The second-order valence-corrected chi connectivity index (χ2v) is 8.56. The maximum absolute atomic E-state index is 13.3. The molecule has 0 fully saturated rings. The molecule has 1 aromatic heterocycles. The van der Waals surface area contributed by atoms with Gasteiger partial charge in [0.25, 0.3) is 0 Å². The van der Waals surface area contributed by atoms with Gasteiger partial charge in [-0.05, 0) is 51.0 Å². The summed E-state index contributed by atoms with van der Waals surface area (Å²) in [6.45, 7) is 3.51. The maximum Gasteiger partial charge on any atom is 0.239 e. The highest BCUT2D eigenvalue weighted by Gasteiger charge is 2.25. The number of ether oxygens (including phenoxy) is 2. The molecule has 31 heavy (non-hydrogen) atoms. The van der Waals surface area contributed by atoms with Gasteiger partial charge in [-0.3, -0.25) is 4.79 Å². The van der Waals surface area contributed by atoms with Crippen LogP contribution in [0.25, 0.3) is 22.3 Å². The smallest absolute Gasteiger partial charge is 0.239 e. The highest BCUT2D eigenvalue weighted by atomic mass is 79.9. The van der Waals surface area contributed by atoms with Gasteiger partial charge in [-0.15, -0.1) is 0 Å². The van der Waals surface area contributed by atoms with Crippen LogP contribution < -0.4 is 14.9 Å². The number of aromatic hydroxyl groups is 2. The molecule has 3 rings (SSSR count). The van der Waals surface area contributed by atoms with Crippen molar-refractivity contribution in [2.24, 2.45) is 0 Å². The topological polar surface area (TPSA) is 109 Å². The van der Waals surface area contributed by atoms with Crippen molar-refractivity contribution in [2.45, 2.75) is 32.3 Å². The molecule has 8 heteroatoms. The molecule has 0 amide bonds. The number of fused-ring (bicyclic) bond motifs is 1. The van der Waals surface area contributed by atoms with Crippen LogP contribution in [0.5, 0.6) is 23.0 Å². The predicted molar refractivity (Wildman–Crippen MR) is 122 cm³/mol. The summed E-state index contributed by atoms with van der Waals surface area (Å²) < 4.78 is 17.0. The molecule has 0 saturated carbocycles. The molecule has 0 atom stereocenters. The number of methoxy groups -OCH3 is 1. The third-order valence-electron chi connectivity index (χ3n) is 4.85. The van der Waals surface area contributed by atoms with E-state index in [4.69, 9.17) is 13.9 Å². The van der Waals surface area contributed by atoms with Crippen LogP contribution >= 0.6 is 15.9 Å². The summed E-state index contributed by atoms with van der Waals surface area (Å²) in [7, 11) is 1.55. The van der Waals surface area contributed by atoms with Crippen LogP contribution in [0, 0.1) is 0 Å². The van der Waals surface area contributed by atoms with E-state index < -0.39 is 16.8 Å². The average molecular weight is 493 g/mol. The van der Waals surface area contributed by atoms with E-state index in [2.05, 4.69) is 15.9 Å². The van der Waals surface area contributed by atoms with Gasteiger partial charge in [0, 0.05) is 22.5 Å². The van der Waals surface area contributed by atoms with E-state index in [1.54, 1.807) is 45.2 Å². The molecule has 0 spiro atoms. The number of rotatable bonds is 8. The van der Waals surface area contributed by atoms with Crippen molar-refractivity contribution < 1.29 is 29.2 Å². The Labute approximate surface area is 188 Å². The van der Waals surface area contributed by atoms with Crippen molar-refractivity contribution in [2.75, 3.05) is 19.0 Å². The zero-order valence-electron chi connectivity index (χ0n) is 17.6. The van der Waals surface area contributed by atoms with E-state index in [0.29, 0.717) is 28.6 Å². The molecular weight excluding hydrogens is 468 g/mol. The molecule has 0 aliphatic carbocycles. The Bertz CT molecular complexity index is 1130. The Morgan fingerprint density at radius 1 is 1.13 bits per heavy atom. The van der Waals surface area contributed by atoms with Gasteiger partial charge in [-0.2, -0.15) is 0 Å². The number of hydrogen-bond donors (Lipinski definition) is 3. The largest absolute Gasteiger partial charge is 0.507 e. The van der Waals surface area contributed by atoms with Gasteiger partial charge in [-0.1, -0.05) is 15.9 Å². The summed E-state index contributed by atoms with van der Waals surface area (Å²) in [6.07, 6.45) is 0.544. The highest BCUT2D eigenvalue weighted by molar-refractivity contribution is 9.09. The van der Waals surface area contributed by atoms with E-state index in [1.807, 2.05) is 0 Å². The molecule has 0 aliphatic heterocycles. The molecule has 0 unspecified atom stereocenters.